The molecule has 0 spiro atoms. The summed E-state index contributed by atoms with van der Waals surface area (Å²) in [4.78, 5) is 16.4. The Hall–Kier alpha value is -1.84. The topological polar surface area (TPSA) is 41.5 Å². The van der Waals surface area contributed by atoms with Crippen molar-refractivity contribution >= 4 is 46.2 Å². The molecule has 0 bridgehead atoms. The van der Waals surface area contributed by atoms with E-state index in [9.17, 15) is 4.79 Å². The lowest BCUT2D eigenvalue weighted by molar-refractivity contribution is -0.110. The number of carbonyl (C=O) groups is 1. The van der Waals surface area contributed by atoms with Gasteiger partial charge in [-0.15, -0.1) is 0 Å². The molecule has 100 valence electrons. The van der Waals surface area contributed by atoms with Crippen molar-refractivity contribution in [3.05, 3.63) is 57.6 Å². The lowest BCUT2D eigenvalue weighted by Gasteiger charge is -2.02. The number of rotatable bonds is 1. The molecular weight excluding hydrogens is 295 g/mol. The first-order valence-corrected chi connectivity index (χ1v) is 6.77. The van der Waals surface area contributed by atoms with Gasteiger partial charge in [-0.1, -0.05) is 40.9 Å². The minimum atomic E-state index is -0.235. The molecule has 0 atom stereocenters. The molecular formula is C15H10Cl2N2O. The number of benzene rings is 2. The van der Waals surface area contributed by atoms with Gasteiger partial charge in [-0.25, -0.2) is 4.99 Å². The third-order valence-corrected chi connectivity index (χ3v) is 3.87. The third kappa shape index (κ3) is 2.19. The fourth-order valence-corrected chi connectivity index (χ4v) is 2.41. The van der Waals surface area contributed by atoms with Crippen LogP contribution in [0.1, 0.15) is 11.1 Å². The number of fused-ring (bicyclic) bond motifs is 1. The van der Waals surface area contributed by atoms with Crippen molar-refractivity contribution in [2.75, 3.05) is 5.32 Å². The molecule has 1 N–H and O–H groups in total. The Labute approximate surface area is 126 Å². The second-order valence-corrected chi connectivity index (χ2v) is 5.32. The summed E-state index contributed by atoms with van der Waals surface area (Å²) in [7, 11) is 0. The third-order valence-electron chi connectivity index (χ3n) is 3.06. The average Bonchev–Trinajstić information content (AvgIpc) is 2.71. The number of hydrogen-bond donors (Lipinski definition) is 1. The molecule has 0 saturated carbocycles. The zero-order valence-electron chi connectivity index (χ0n) is 10.6. The van der Waals surface area contributed by atoms with Crippen LogP contribution in [0.3, 0.4) is 0 Å². The van der Waals surface area contributed by atoms with Gasteiger partial charge in [-0.05, 0) is 31.2 Å². The number of carbonyl (C=O) groups excluding carboxylic acids is 1. The van der Waals surface area contributed by atoms with Crippen molar-refractivity contribution in [3.8, 4) is 0 Å². The van der Waals surface area contributed by atoms with Crippen LogP contribution in [-0.2, 0) is 4.79 Å². The Morgan fingerprint density at radius 3 is 2.75 bits per heavy atom. The Morgan fingerprint density at radius 2 is 1.95 bits per heavy atom. The standard InChI is InChI=1S/C15H10Cl2N2O/c1-8-5-6-11-9(7-8)14(15(20)19-11)18-12-4-2-3-10(16)13(12)17/h2-7H,1H3,(H,18,19,20). The van der Waals surface area contributed by atoms with Crippen LogP contribution >= 0.6 is 23.2 Å². The number of nitrogens with zero attached hydrogens (tertiary/aromatic N) is 1. The summed E-state index contributed by atoms with van der Waals surface area (Å²) in [5.74, 6) is -0.235. The summed E-state index contributed by atoms with van der Waals surface area (Å²) in [5.41, 5.74) is 3.44. The van der Waals surface area contributed by atoms with Crippen LogP contribution in [-0.4, -0.2) is 11.6 Å². The van der Waals surface area contributed by atoms with E-state index < -0.39 is 0 Å². The summed E-state index contributed by atoms with van der Waals surface area (Å²) >= 11 is 12.1. The SMILES string of the molecule is Cc1ccc2c(c1)C(=Nc1cccc(Cl)c1Cl)C(=O)N2. The summed E-state index contributed by atoms with van der Waals surface area (Å²) in [6.45, 7) is 1.97. The molecule has 0 fully saturated rings. The summed E-state index contributed by atoms with van der Waals surface area (Å²) in [6.07, 6.45) is 0. The normalized spacial score (nSPS) is 15.3. The first kappa shape index (κ1) is 13.2. The first-order chi connectivity index (χ1) is 9.56. The Bertz CT molecular complexity index is 754. The smallest absolute Gasteiger partial charge is 0.275 e. The van der Waals surface area contributed by atoms with E-state index in [2.05, 4.69) is 10.3 Å². The number of hydrogen-bond acceptors (Lipinski definition) is 2. The van der Waals surface area contributed by atoms with Crippen LogP contribution in [0.5, 0.6) is 0 Å². The van der Waals surface area contributed by atoms with Crippen LogP contribution < -0.4 is 5.32 Å². The largest absolute Gasteiger partial charge is 0.320 e. The van der Waals surface area contributed by atoms with E-state index in [1.54, 1.807) is 18.2 Å². The van der Waals surface area contributed by atoms with Gasteiger partial charge >= 0.3 is 0 Å². The summed E-state index contributed by atoms with van der Waals surface area (Å²) in [6, 6.07) is 10.9. The number of aryl methyl sites for hydroxylation is 1. The highest BCUT2D eigenvalue weighted by Gasteiger charge is 2.26. The molecule has 0 aromatic heterocycles. The molecule has 1 heterocycles. The number of amides is 1. The van der Waals surface area contributed by atoms with Crippen molar-refractivity contribution < 1.29 is 4.79 Å². The van der Waals surface area contributed by atoms with Gasteiger partial charge in [0, 0.05) is 5.56 Å². The van der Waals surface area contributed by atoms with E-state index in [0.29, 0.717) is 21.4 Å². The highest BCUT2D eigenvalue weighted by atomic mass is 35.5. The van der Waals surface area contributed by atoms with E-state index in [1.165, 1.54) is 0 Å². The number of anilines is 1. The zero-order chi connectivity index (χ0) is 14.3. The first-order valence-electron chi connectivity index (χ1n) is 6.01. The molecule has 2 aromatic carbocycles. The van der Waals surface area contributed by atoms with Crippen LogP contribution in [0.15, 0.2) is 41.4 Å². The Balaban J connectivity index is 2.15. The van der Waals surface area contributed by atoms with Gasteiger partial charge in [0.05, 0.1) is 21.4 Å². The second kappa shape index (κ2) is 4.93. The average molecular weight is 305 g/mol. The molecule has 20 heavy (non-hydrogen) atoms. The fourth-order valence-electron chi connectivity index (χ4n) is 2.08. The van der Waals surface area contributed by atoms with Crippen molar-refractivity contribution in [1.82, 2.24) is 0 Å². The van der Waals surface area contributed by atoms with Crippen molar-refractivity contribution in [1.29, 1.82) is 0 Å². The quantitative estimate of drug-likeness (QED) is 0.835. The molecule has 3 nitrogen and oxygen atoms in total. The maximum atomic E-state index is 12.0. The minimum absolute atomic E-state index is 0.235. The lowest BCUT2D eigenvalue weighted by atomic mass is 10.1. The number of halogens is 2. The molecule has 3 rings (SSSR count). The molecule has 5 heteroatoms. The van der Waals surface area contributed by atoms with Gasteiger partial charge in [-0.2, -0.15) is 0 Å². The zero-order valence-corrected chi connectivity index (χ0v) is 12.1. The molecule has 0 saturated heterocycles. The molecule has 1 aliphatic heterocycles. The Kier molecular flexibility index (Phi) is 3.24. The van der Waals surface area contributed by atoms with E-state index in [4.69, 9.17) is 23.2 Å². The molecule has 0 unspecified atom stereocenters. The maximum Gasteiger partial charge on any atom is 0.275 e. The van der Waals surface area contributed by atoms with Gasteiger partial charge in [0.15, 0.2) is 0 Å². The predicted octanol–water partition coefficient (Wildman–Crippen LogP) is 4.37. The van der Waals surface area contributed by atoms with Crippen LogP contribution in [0.4, 0.5) is 11.4 Å². The van der Waals surface area contributed by atoms with Gasteiger partial charge in [0.2, 0.25) is 0 Å². The number of aliphatic imine (C=N–C) groups is 1. The van der Waals surface area contributed by atoms with Crippen LogP contribution in [0.2, 0.25) is 10.0 Å². The van der Waals surface area contributed by atoms with Gasteiger partial charge in [-0.3, -0.25) is 4.79 Å². The van der Waals surface area contributed by atoms with Crippen molar-refractivity contribution in [2.45, 2.75) is 6.92 Å². The van der Waals surface area contributed by atoms with Gasteiger partial charge in [0.1, 0.15) is 5.71 Å². The second-order valence-electron chi connectivity index (χ2n) is 4.54. The van der Waals surface area contributed by atoms with Crippen LogP contribution in [0.25, 0.3) is 0 Å². The summed E-state index contributed by atoms with van der Waals surface area (Å²) in [5, 5.41) is 3.54. The van der Waals surface area contributed by atoms with Gasteiger partial charge in [0.25, 0.3) is 5.91 Å². The lowest BCUT2D eigenvalue weighted by Crippen LogP contribution is -2.13. The minimum Gasteiger partial charge on any atom is -0.320 e. The number of nitrogens with one attached hydrogen (secondary N) is 1. The molecule has 0 aliphatic carbocycles. The fraction of sp³-hybridized carbons (Fsp3) is 0.0667. The highest BCUT2D eigenvalue weighted by Crippen LogP contribution is 2.34. The van der Waals surface area contributed by atoms with E-state index in [-0.39, 0.29) is 5.91 Å². The monoisotopic (exact) mass is 304 g/mol. The van der Waals surface area contributed by atoms with E-state index in [1.807, 2.05) is 25.1 Å². The van der Waals surface area contributed by atoms with Gasteiger partial charge < -0.3 is 5.32 Å². The molecule has 1 amide bonds. The van der Waals surface area contributed by atoms with Crippen molar-refractivity contribution in [2.24, 2.45) is 4.99 Å². The van der Waals surface area contributed by atoms with E-state index in [0.717, 1.165) is 16.8 Å². The van der Waals surface area contributed by atoms with E-state index >= 15 is 0 Å². The van der Waals surface area contributed by atoms with Crippen molar-refractivity contribution in [3.63, 3.8) is 0 Å². The van der Waals surface area contributed by atoms with Crippen LogP contribution in [0, 0.1) is 6.92 Å². The predicted molar refractivity (Wildman–Crippen MR) is 82.5 cm³/mol. The Morgan fingerprint density at radius 1 is 1.15 bits per heavy atom. The molecule has 0 radical (unpaired) electrons. The maximum absolute atomic E-state index is 12.0. The highest BCUT2D eigenvalue weighted by molar-refractivity contribution is 6.54. The molecule has 1 aliphatic rings. The summed E-state index contributed by atoms with van der Waals surface area (Å²) < 4.78 is 0. The molecule has 2 aromatic rings.